The average Bonchev–Trinajstić information content (AvgIpc) is 2.22. The van der Waals surface area contributed by atoms with Crippen LogP contribution in [0.5, 0.6) is 0 Å². The number of aliphatic carboxylic acids is 1. The van der Waals surface area contributed by atoms with Crippen molar-refractivity contribution in [2.24, 2.45) is 5.92 Å². The summed E-state index contributed by atoms with van der Waals surface area (Å²) in [6.45, 7) is 5.88. The van der Waals surface area contributed by atoms with Crippen molar-refractivity contribution in [3.63, 3.8) is 0 Å². The van der Waals surface area contributed by atoms with Gasteiger partial charge in [-0.3, -0.25) is 4.79 Å². The first kappa shape index (κ1) is 13.6. The van der Waals surface area contributed by atoms with Crippen molar-refractivity contribution < 1.29 is 9.90 Å². The second-order valence-corrected chi connectivity index (χ2v) is 4.90. The van der Waals surface area contributed by atoms with Crippen molar-refractivity contribution >= 4 is 11.7 Å². The lowest BCUT2D eigenvalue weighted by Crippen LogP contribution is -2.17. The van der Waals surface area contributed by atoms with Crippen molar-refractivity contribution in [2.45, 2.75) is 27.2 Å². The molecule has 0 saturated carbocycles. The number of anilines is 1. The van der Waals surface area contributed by atoms with Gasteiger partial charge >= 0.3 is 5.97 Å². The number of hydrogen-bond acceptors (Lipinski definition) is 2. The maximum absolute atomic E-state index is 10.9. The Morgan fingerprint density at radius 1 is 1.29 bits per heavy atom. The molecule has 0 aliphatic heterocycles. The monoisotopic (exact) mass is 235 g/mol. The van der Waals surface area contributed by atoms with Gasteiger partial charge in [0.2, 0.25) is 0 Å². The van der Waals surface area contributed by atoms with E-state index in [0.717, 1.165) is 11.3 Å². The zero-order valence-corrected chi connectivity index (χ0v) is 11.2. The van der Waals surface area contributed by atoms with Crippen LogP contribution in [0.25, 0.3) is 0 Å². The van der Waals surface area contributed by atoms with Gasteiger partial charge in [-0.15, -0.1) is 0 Å². The molecule has 0 spiro atoms. The Morgan fingerprint density at radius 2 is 1.82 bits per heavy atom. The molecule has 0 saturated heterocycles. The summed E-state index contributed by atoms with van der Waals surface area (Å²) in [6, 6.07) is 4.23. The highest BCUT2D eigenvalue weighted by Crippen LogP contribution is 2.25. The standard InChI is InChI=1S/C14H21NO2/c1-9-6-12(7-11(3)14(16)17)13(15(4)5)8-10(9)2/h6,8,11H,7H2,1-5H3,(H,16,17). The Labute approximate surface area is 103 Å². The van der Waals surface area contributed by atoms with E-state index in [1.54, 1.807) is 6.92 Å². The van der Waals surface area contributed by atoms with Gasteiger partial charge in [-0.25, -0.2) is 0 Å². The molecular weight excluding hydrogens is 214 g/mol. The highest BCUT2D eigenvalue weighted by Gasteiger charge is 2.15. The molecular formula is C14H21NO2. The molecule has 1 N–H and O–H groups in total. The lowest BCUT2D eigenvalue weighted by Gasteiger charge is -2.20. The predicted octanol–water partition coefficient (Wildman–Crippen LogP) is 2.63. The molecule has 0 heterocycles. The Balaban J connectivity index is 3.12. The Bertz CT molecular complexity index is 424. The number of benzene rings is 1. The minimum absolute atomic E-state index is 0.351. The second kappa shape index (κ2) is 5.21. The van der Waals surface area contributed by atoms with Gasteiger partial charge < -0.3 is 10.0 Å². The first-order valence-electron chi connectivity index (χ1n) is 5.83. The summed E-state index contributed by atoms with van der Waals surface area (Å²) in [5, 5.41) is 8.98. The molecule has 0 amide bonds. The molecule has 3 heteroatoms. The molecule has 0 aliphatic rings. The summed E-state index contributed by atoms with van der Waals surface area (Å²) >= 11 is 0. The molecule has 1 unspecified atom stereocenters. The summed E-state index contributed by atoms with van der Waals surface area (Å²) < 4.78 is 0. The molecule has 94 valence electrons. The smallest absolute Gasteiger partial charge is 0.306 e. The fourth-order valence-corrected chi connectivity index (χ4v) is 1.86. The summed E-state index contributed by atoms with van der Waals surface area (Å²) in [6.07, 6.45) is 0.573. The van der Waals surface area contributed by atoms with Crippen molar-refractivity contribution in [1.29, 1.82) is 0 Å². The van der Waals surface area contributed by atoms with Gasteiger partial charge in [-0.05, 0) is 43.0 Å². The summed E-state index contributed by atoms with van der Waals surface area (Å²) in [5.41, 5.74) is 4.66. The number of carboxylic acid groups (broad SMARTS) is 1. The Hall–Kier alpha value is -1.51. The van der Waals surface area contributed by atoms with E-state index in [1.807, 2.05) is 19.0 Å². The van der Waals surface area contributed by atoms with E-state index in [2.05, 4.69) is 26.0 Å². The molecule has 3 nitrogen and oxygen atoms in total. The van der Waals surface area contributed by atoms with E-state index in [1.165, 1.54) is 11.1 Å². The van der Waals surface area contributed by atoms with E-state index in [0.29, 0.717) is 6.42 Å². The topological polar surface area (TPSA) is 40.5 Å². The van der Waals surface area contributed by atoms with Crippen LogP contribution < -0.4 is 4.90 Å². The normalized spacial score (nSPS) is 12.3. The van der Waals surface area contributed by atoms with Crippen molar-refractivity contribution in [3.8, 4) is 0 Å². The van der Waals surface area contributed by atoms with Gasteiger partial charge in [0, 0.05) is 19.8 Å². The summed E-state index contributed by atoms with van der Waals surface area (Å²) in [5.74, 6) is -1.09. The number of carboxylic acids is 1. The SMILES string of the molecule is Cc1cc(CC(C)C(=O)O)c(N(C)C)cc1C. The third kappa shape index (κ3) is 3.22. The Morgan fingerprint density at radius 3 is 2.29 bits per heavy atom. The third-order valence-corrected chi connectivity index (χ3v) is 3.12. The van der Waals surface area contributed by atoms with Crippen LogP contribution in [0.2, 0.25) is 0 Å². The van der Waals surface area contributed by atoms with Gasteiger partial charge in [0.25, 0.3) is 0 Å². The molecule has 1 aromatic rings. The minimum atomic E-state index is -0.743. The quantitative estimate of drug-likeness (QED) is 0.872. The lowest BCUT2D eigenvalue weighted by atomic mass is 9.95. The average molecular weight is 235 g/mol. The van der Waals surface area contributed by atoms with Crippen LogP contribution in [0.4, 0.5) is 5.69 Å². The summed E-state index contributed by atoms with van der Waals surface area (Å²) in [7, 11) is 3.97. The zero-order chi connectivity index (χ0) is 13.2. The van der Waals surface area contributed by atoms with Crippen molar-refractivity contribution in [3.05, 3.63) is 28.8 Å². The van der Waals surface area contributed by atoms with E-state index in [4.69, 9.17) is 5.11 Å². The van der Waals surface area contributed by atoms with Crippen LogP contribution in [0.1, 0.15) is 23.6 Å². The predicted molar refractivity (Wildman–Crippen MR) is 70.7 cm³/mol. The number of hydrogen-bond donors (Lipinski definition) is 1. The number of aryl methyl sites for hydroxylation is 2. The van der Waals surface area contributed by atoms with Crippen molar-refractivity contribution in [2.75, 3.05) is 19.0 Å². The van der Waals surface area contributed by atoms with E-state index in [-0.39, 0.29) is 5.92 Å². The van der Waals surface area contributed by atoms with Crippen LogP contribution in [-0.4, -0.2) is 25.2 Å². The number of nitrogens with zero attached hydrogens (tertiary/aromatic N) is 1. The molecule has 1 aromatic carbocycles. The van der Waals surface area contributed by atoms with E-state index < -0.39 is 5.97 Å². The highest BCUT2D eigenvalue weighted by atomic mass is 16.4. The first-order chi connectivity index (χ1) is 7.82. The summed E-state index contributed by atoms with van der Waals surface area (Å²) in [4.78, 5) is 13.0. The third-order valence-electron chi connectivity index (χ3n) is 3.12. The van der Waals surface area contributed by atoms with Crippen LogP contribution in [-0.2, 0) is 11.2 Å². The molecule has 1 atom stereocenters. The molecule has 17 heavy (non-hydrogen) atoms. The molecule has 0 aliphatic carbocycles. The lowest BCUT2D eigenvalue weighted by molar-refractivity contribution is -0.141. The van der Waals surface area contributed by atoms with Crippen LogP contribution in [0.3, 0.4) is 0 Å². The van der Waals surface area contributed by atoms with Crippen LogP contribution in [0, 0.1) is 19.8 Å². The minimum Gasteiger partial charge on any atom is -0.481 e. The van der Waals surface area contributed by atoms with Gasteiger partial charge in [0.15, 0.2) is 0 Å². The molecule has 0 radical (unpaired) electrons. The van der Waals surface area contributed by atoms with Gasteiger partial charge in [-0.2, -0.15) is 0 Å². The largest absolute Gasteiger partial charge is 0.481 e. The van der Waals surface area contributed by atoms with Crippen LogP contribution in [0.15, 0.2) is 12.1 Å². The van der Waals surface area contributed by atoms with Gasteiger partial charge in [0.05, 0.1) is 5.92 Å². The highest BCUT2D eigenvalue weighted by molar-refractivity contribution is 5.70. The molecule has 0 bridgehead atoms. The Kier molecular flexibility index (Phi) is 4.16. The maximum atomic E-state index is 10.9. The van der Waals surface area contributed by atoms with E-state index >= 15 is 0 Å². The number of carbonyl (C=O) groups is 1. The van der Waals surface area contributed by atoms with E-state index in [9.17, 15) is 4.79 Å². The first-order valence-corrected chi connectivity index (χ1v) is 5.83. The molecule has 0 aromatic heterocycles. The number of rotatable bonds is 4. The van der Waals surface area contributed by atoms with Crippen molar-refractivity contribution in [1.82, 2.24) is 0 Å². The fourth-order valence-electron chi connectivity index (χ4n) is 1.86. The molecule has 1 rings (SSSR count). The fraction of sp³-hybridized carbons (Fsp3) is 0.500. The van der Waals surface area contributed by atoms with Crippen LogP contribution >= 0.6 is 0 Å². The zero-order valence-electron chi connectivity index (χ0n) is 11.2. The second-order valence-electron chi connectivity index (χ2n) is 4.90. The maximum Gasteiger partial charge on any atom is 0.306 e. The van der Waals surface area contributed by atoms with Gasteiger partial charge in [0.1, 0.15) is 0 Å². The van der Waals surface area contributed by atoms with Gasteiger partial charge in [-0.1, -0.05) is 13.0 Å². The molecule has 0 fully saturated rings.